The van der Waals surface area contributed by atoms with Crippen molar-refractivity contribution < 1.29 is 4.42 Å². The lowest BCUT2D eigenvalue weighted by atomic mass is 9.82. The van der Waals surface area contributed by atoms with Gasteiger partial charge in [-0.2, -0.15) is 0 Å². The Hall–Kier alpha value is -7.36. The van der Waals surface area contributed by atoms with Gasteiger partial charge in [0.25, 0.3) is 0 Å². The predicted octanol–water partition coefficient (Wildman–Crippen LogP) is 15.3. The number of hydrogen-bond acceptors (Lipinski definition) is 2. The molecule has 9 aromatic carbocycles. The molecule has 0 saturated carbocycles. The Balaban J connectivity index is 1.15. The fraction of sp³-hybridized carbons (Fsp3) is 0.0545. The summed E-state index contributed by atoms with van der Waals surface area (Å²) < 4.78 is 9.35. The molecule has 1 aliphatic carbocycles. The smallest absolute Gasteiger partial charge is 0.143 e. The zero-order valence-electron chi connectivity index (χ0n) is 32.3. The minimum absolute atomic E-state index is 0.144. The molecule has 1 aliphatic rings. The van der Waals surface area contributed by atoms with E-state index in [2.05, 4.69) is 217 Å². The Bertz CT molecular complexity index is 3370. The molecular weight excluding hydrogens is 705 g/mol. The molecular formula is C55H38N2O. The van der Waals surface area contributed by atoms with Crippen LogP contribution in [0.1, 0.15) is 25.0 Å². The molecule has 0 fully saturated rings. The van der Waals surface area contributed by atoms with Gasteiger partial charge in [0.2, 0.25) is 0 Å². The summed E-state index contributed by atoms with van der Waals surface area (Å²) in [4.78, 5) is 2.46. The van der Waals surface area contributed by atoms with Gasteiger partial charge >= 0.3 is 0 Å². The van der Waals surface area contributed by atoms with Gasteiger partial charge < -0.3 is 13.9 Å². The fourth-order valence-corrected chi connectivity index (χ4v) is 9.86. The van der Waals surface area contributed by atoms with Crippen LogP contribution in [0.3, 0.4) is 0 Å². The first-order valence-corrected chi connectivity index (χ1v) is 20.1. The largest absolute Gasteiger partial charge is 0.455 e. The number of benzene rings is 9. The van der Waals surface area contributed by atoms with Crippen molar-refractivity contribution in [3.63, 3.8) is 0 Å². The van der Waals surface area contributed by atoms with E-state index >= 15 is 0 Å². The van der Waals surface area contributed by atoms with Crippen molar-refractivity contribution in [1.82, 2.24) is 4.57 Å². The normalized spacial score (nSPS) is 13.1. The van der Waals surface area contributed by atoms with Crippen LogP contribution in [-0.4, -0.2) is 4.57 Å². The second-order valence-electron chi connectivity index (χ2n) is 16.1. The third-order valence-electron chi connectivity index (χ3n) is 12.6. The number of furan rings is 1. The summed E-state index contributed by atoms with van der Waals surface area (Å²) in [6, 6.07) is 70.6. The highest BCUT2D eigenvalue weighted by molar-refractivity contribution is 6.22. The molecule has 58 heavy (non-hydrogen) atoms. The lowest BCUT2D eigenvalue weighted by Gasteiger charge is -2.29. The summed E-state index contributed by atoms with van der Waals surface area (Å²) in [7, 11) is 0. The number of rotatable bonds is 5. The molecule has 0 bridgehead atoms. The van der Waals surface area contributed by atoms with E-state index in [0.29, 0.717) is 0 Å². The van der Waals surface area contributed by atoms with E-state index in [1.54, 1.807) is 0 Å². The van der Waals surface area contributed by atoms with E-state index < -0.39 is 0 Å². The summed E-state index contributed by atoms with van der Waals surface area (Å²) in [5, 5.41) is 6.87. The molecule has 11 aromatic rings. The van der Waals surface area contributed by atoms with Crippen molar-refractivity contribution in [2.45, 2.75) is 19.3 Å². The van der Waals surface area contributed by atoms with E-state index in [0.717, 1.165) is 55.5 Å². The summed E-state index contributed by atoms with van der Waals surface area (Å²) >= 11 is 0. The van der Waals surface area contributed by atoms with Crippen molar-refractivity contribution in [1.29, 1.82) is 0 Å². The highest BCUT2D eigenvalue weighted by Crippen LogP contribution is 2.52. The SMILES string of the molecule is CC1(C)c2ccccc2-c2ccc(N(c3ccc(-c4ccccc4)cc3)c3cc4c(oc5cccc(-n6c7ccccc7c7ccccc76)c54)c4ccccc34)cc21. The summed E-state index contributed by atoms with van der Waals surface area (Å²) in [6.45, 7) is 4.71. The summed E-state index contributed by atoms with van der Waals surface area (Å²) in [6.07, 6.45) is 0. The molecule has 12 rings (SSSR count). The van der Waals surface area contributed by atoms with Crippen LogP contribution in [0.5, 0.6) is 0 Å². The average molecular weight is 743 g/mol. The molecule has 0 unspecified atom stereocenters. The standard InChI is InChI=1S/C55H38N2O/c1-55(2)46-22-11-8-17-39(46)40-32-31-38(33-47(40)55)56(37-29-27-36(28-30-37)35-15-4-3-5-16-35)51-34-45-53-50(25-14-26-52(53)58-54(45)44-21-7-6-20-43(44)51)57-48-23-12-9-18-41(48)42-19-10-13-24-49(42)57/h3-34H,1-2H3. The number of para-hydroxylation sites is 2. The van der Waals surface area contributed by atoms with Gasteiger partial charge in [0.1, 0.15) is 11.2 Å². The number of aromatic nitrogens is 1. The Morgan fingerprint density at radius 2 is 1.05 bits per heavy atom. The van der Waals surface area contributed by atoms with Crippen LogP contribution in [0.25, 0.3) is 82.5 Å². The molecule has 3 nitrogen and oxygen atoms in total. The lowest BCUT2D eigenvalue weighted by molar-refractivity contribution is 0.660. The van der Waals surface area contributed by atoms with Crippen LogP contribution in [0.2, 0.25) is 0 Å². The number of anilines is 3. The zero-order chi connectivity index (χ0) is 38.5. The van der Waals surface area contributed by atoms with E-state index in [-0.39, 0.29) is 5.41 Å². The quantitative estimate of drug-likeness (QED) is 0.175. The van der Waals surface area contributed by atoms with Gasteiger partial charge in [-0.05, 0) is 88.0 Å². The van der Waals surface area contributed by atoms with Gasteiger partial charge in [-0.3, -0.25) is 0 Å². The molecule has 0 radical (unpaired) electrons. The molecule has 2 heterocycles. The molecule has 3 heteroatoms. The second-order valence-corrected chi connectivity index (χ2v) is 16.1. The minimum atomic E-state index is -0.144. The third kappa shape index (κ3) is 4.68. The van der Waals surface area contributed by atoms with E-state index in [9.17, 15) is 0 Å². The molecule has 0 saturated heterocycles. The minimum Gasteiger partial charge on any atom is -0.455 e. The van der Waals surface area contributed by atoms with Crippen LogP contribution in [0, 0.1) is 0 Å². The van der Waals surface area contributed by atoms with E-state index in [4.69, 9.17) is 4.42 Å². The fourth-order valence-electron chi connectivity index (χ4n) is 9.86. The van der Waals surface area contributed by atoms with Crippen LogP contribution < -0.4 is 4.90 Å². The van der Waals surface area contributed by atoms with Crippen molar-refractivity contribution >= 4 is 71.6 Å². The number of nitrogens with zero attached hydrogens (tertiary/aromatic N) is 2. The molecule has 0 spiro atoms. The maximum atomic E-state index is 6.93. The monoisotopic (exact) mass is 742 g/mol. The van der Waals surface area contributed by atoms with Crippen molar-refractivity contribution in [3.05, 3.63) is 205 Å². The molecule has 274 valence electrons. The van der Waals surface area contributed by atoms with Crippen LogP contribution in [0.4, 0.5) is 17.1 Å². The Morgan fingerprint density at radius 1 is 0.448 bits per heavy atom. The van der Waals surface area contributed by atoms with Crippen molar-refractivity contribution in [3.8, 4) is 27.9 Å². The average Bonchev–Trinajstić information content (AvgIpc) is 3.90. The van der Waals surface area contributed by atoms with Gasteiger partial charge in [-0.15, -0.1) is 0 Å². The van der Waals surface area contributed by atoms with Gasteiger partial charge in [-0.25, -0.2) is 0 Å². The third-order valence-corrected chi connectivity index (χ3v) is 12.6. The maximum absolute atomic E-state index is 6.93. The van der Waals surface area contributed by atoms with Gasteiger partial charge in [0.05, 0.1) is 27.8 Å². The molecule has 0 aliphatic heterocycles. The number of fused-ring (bicyclic) bond motifs is 11. The van der Waals surface area contributed by atoms with Crippen LogP contribution in [0.15, 0.2) is 199 Å². The van der Waals surface area contributed by atoms with Crippen molar-refractivity contribution in [2.75, 3.05) is 4.90 Å². The van der Waals surface area contributed by atoms with E-state index in [1.807, 2.05) is 0 Å². The summed E-state index contributed by atoms with van der Waals surface area (Å²) in [5.74, 6) is 0. The molecule has 2 aromatic heterocycles. The first-order valence-electron chi connectivity index (χ1n) is 20.1. The van der Waals surface area contributed by atoms with E-state index in [1.165, 1.54) is 55.2 Å². The Kier molecular flexibility index (Phi) is 6.98. The topological polar surface area (TPSA) is 21.3 Å². The highest BCUT2D eigenvalue weighted by Gasteiger charge is 2.36. The van der Waals surface area contributed by atoms with Crippen molar-refractivity contribution in [2.24, 2.45) is 0 Å². The van der Waals surface area contributed by atoms with Gasteiger partial charge in [0, 0.05) is 43.7 Å². The number of hydrogen-bond donors (Lipinski definition) is 0. The predicted molar refractivity (Wildman–Crippen MR) is 243 cm³/mol. The van der Waals surface area contributed by atoms with Gasteiger partial charge in [-0.1, -0.05) is 153 Å². The van der Waals surface area contributed by atoms with Crippen LogP contribution >= 0.6 is 0 Å². The van der Waals surface area contributed by atoms with Gasteiger partial charge in [0.15, 0.2) is 0 Å². The lowest BCUT2D eigenvalue weighted by Crippen LogP contribution is -2.16. The Morgan fingerprint density at radius 3 is 1.81 bits per heavy atom. The molecule has 0 atom stereocenters. The maximum Gasteiger partial charge on any atom is 0.143 e. The first-order chi connectivity index (χ1) is 28.5. The highest BCUT2D eigenvalue weighted by atomic mass is 16.3. The zero-order valence-corrected chi connectivity index (χ0v) is 32.3. The first kappa shape index (κ1) is 32.8. The summed E-state index contributed by atoms with van der Waals surface area (Å²) in [5.41, 5.74) is 16.1. The Labute approximate surface area is 336 Å². The van der Waals surface area contributed by atoms with Crippen LogP contribution in [-0.2, 0) is 5.41 Å². The second kappa shape index (κ2) is 12.3. The molecule has 0 amide bonds. The molecule has 0 N–H and O–H groups in total.